The molecule has 0 aliphatic rings. The maximum absolute atomic E-state index is 12.9. The van der Waals surface area contributed by atoms with Crippen molar-refractivity contribution in [2.75, 3.05) is 0 Å². The van der Waals surface area contributed by atoms with E-state index in [1.165, 1.54) is 6.07 Å². The van der Waals surface area contributed by atoms with Gasteiger partial charge in [-0.3, -0.25) is 4.79 Å². The first-order valence-corrected chi connectivity index (χ1v) is 8.18. The minimum absolute atomic E-state index is 0.244. The number of hydrogen-bond donors (Lipinski definition) is 2. The number of alkyl halides is 3. The molecule has 7 heteroatoms. The van der Waals surface area contributed by atoms with E-state index in [2.05, 4.69) is 15.3 Å². The second-order valence-corrected chi connectivity index (χ2v) is 6.20. The van der Waals surface area contributed by atoms with Crippen molar-refractivity contribution in [1.29, 1.82) is 0 Å². The number of halogens is 3. The van der Waals surface area contributed by atoms with Gasteiger partial charge in [0, 0.05) is 6.04 Å². The van der Waals surface area contributed by atoms with Crippen molar-refractivity contribution in [2.24, 2.45) is 0 Å². The van der Waals surface area contributed by atoms with Gasteiger partial charge in [-0.2, -0.15) is 13.2 Å². The molecular formula is C19H18F3N3O. The SMILES string of the molecule is C[C@H](N[C@@H](C)c1nc2ccccc2c(=O)[nH]1)c1cccc(C(F)(F)F)c1. The van der Waals surface area contributed by atoms with Crippen molar-refractivity contribution < 1.29 is 13.2 Å². The normalized spacial score (nSPS) is 14.3. The van der Waals surface area contributed by atoms with E-state index in [0.717, 1.165) is 12.1 Å². The molecule has 2 aromatic carbocycles. The van der Waals surface area contributed by atoms with Crippen molar-refractivity contribution >= 4 is 10.9 Å². The van der Waals surface area contributed by atoms with Crippen LogP contribution in [0.15, 0.2) is 53.3 Å². The molecule has 2 N–H and O–H groups in total. The molecule has 4 nitrogen and oxygen atoms in total. The average molecular weight is 361 g/mol. The summed E-state index contributed by atoms with van der Waals surface area (Å²) in [6, 6.07) is 11.5. The third-order valence-electron chi connectivity index (χ3n) is 4.26. The van der Waals surface area contributed by atoms with Gasteiger partial charge in [0.25, 0.3) is 5.56 Å². The minimum Gasteiger partial charge on any atom is -0.309 e. The number of H-pyrrole nitrogens is 1. The molecule has 1 aromatic heterocycles. The lowest BCUT2D eigenvalue weighted by molar-refractivity contribution is -0.137. The van der Waals surface area contributed by atoms with E-state index in [1.807, 2.05) is 0 Å². The van der Waals surface area contributed by atoms with E-state index < -0.39 is 11.7 Å². The van der Waals surface area contributed by atoms with Gasteiger partial charge in [-0.25, -0.2) is 4.98 Å². The Balaban J connectivity index is 1.84. The maximum atomic E-state index is 12.9. The van der Waals surface area contributed by atoms with E-state index in [9.17, 15) is 18.0 Å². The number of fused-ring (bicyclic) bond motifs is 1. The van der Waals surface area contributed by atoms with Gasteiger partial charge in [0.15, 0.2) is 0 Å². The number of para-hydroxylation sites is 1. The lowest BCUT2D eigenvalue weighted by atomic mass is 10.0. The molecule has 136 valence electrons. The Labute approximate surface area is 148 Å². The third-order valence-corrected chi connectivity index (χ3v) is 4.26. The molecule has 0 amide bonds. The summed E-state index contributed by atoms with van der Waals surface area (Å²) in [6.07, 6.45) is -4.38. The number of aromatic amines is 1. The summed E-state index contributed by atoms with van der Waals surface area (Å²) >= 11 is 0. The zero-order valence-corrected chi connectivity index (χ0v) is 14.3. The van der Waals surface area contributed by atoms with E-state index in [0.29, 0.717) is 22.3 Å². The second-order valence-electron chi connectivity index (χ2n) is 6.20. The summed E-state index contributed by atoms with van der Waals surface area (Å²) < 4.78 is 38.6. The molecule has 0 saturated carbocycles. The van der Waals surface area contributed by atoms with Crippen LogP contribution in [0.1, 0.15) is 42.9 Å². The molecule has 3 rings (SSSR count). The molecule has 0 fully saturated rings. The fourth-order valence-corrected chi connectivity index (χ4v) is 2.84. The lowest BCUT2D eigenvalue weighted by Gasteiger charge is -2.21. The first-order valence-electron chi connectivity index (χ1n) is 8.18. The van der Waals surface area contributed by atoms with Crippen LogP contribution in [0.25, 0.3) is 10.9 Å². The molecule has 0 unspecified atom stereocenters. The average Bonchev–Trinajstić information content (AvgIpc) is 2.61. The van der Waals surface area contributed by atoms with Crippen LogP contribution >= 0.6 is 0 Å². The van der Waals surface area contributed by atoms with Crippen molar-refractivity contribution in [3.63, 3.8) is 0 Å². The topological polar surface area (TPSA) is 57.8 Å². The van der Waals surface area contributed by atoms with Crippen LogP contribution in [0, 0.1) is 0 Å². The van der Waals surface area contributed by atoms with Crippen LogP contribution in [-0.4, -0.2) is 9.97 Å². The van der Waals surface area contributed by atoms with Gasteiger partial charge in [0.2, 0.25) is 0 Å². The first-order chi connectivity index (χ1) is 12.3. The van der Waals surface area contributed by atoms with Gasteiger partial charge < -0.3 is 10.3 Å². The zero-order valence-electron chi connectivity index (χ0n) is 14.3. The van der Waals surface area contributed by atoms with Gasteiger partial charge in [0.05, 0.1) is 22.5 Å². The molecule has 0 bridgehead atoms. The molecule has 1 heterocycles. The van der Waals surface area contributed by atoms with Gasteiger partial charge in [-0.15, -0.1) is 0 Å². The standard InChI is InChI=1S/C19H18F3N3O/c1-11(13-6-5-7-14(10-13)19(20,21)22)23-12(2)17-24-16-9-4-3-8-15(16)18(26)25-17/h3-12,23H,1-2H3,(H,24,25,26)/t11-,12-/m0/s1. The second kappa shape index (κ2) is 6.92. The molecule has 26 heavy (non-hydrogen) atoms. The molecule has 0 spiro atoms. The van der Waals surface area contributed by atoms with Gasteiger partial charge >= 0.3 is 6.18 Å². The Kier molecular flexibility index (Phi) is 4.82. The monoisotopic (exact) mass is 361 g/mol. The summed E-state index contributed by atoms with van der Waals surface area (Å²) in [5.41, 5.74) is 0.154. The molecule has 2 atom stereocenters. The number of nitrogens with one attached hydrogen (secondary N) is 2. The Morgan fingerprint density at radius 2 is 1.77 bits per heavy atom. The number of nitrogens with zero attached hydrogens (tertiary/aromatic N) is 1. The maximum Gasteiger partial charge on any atom is 0.416 e. The Morgan fingerprint density at radius 3 is 2.50 bits per heavy atom. The molecule has 0 radical (unpaired) electrons. The highest BCUT2D eigenvalue weighted by Gasteiger charge is 2.30. The van der Waals surface area contributed by atoms with Crippen LogP contribution in [0.2, 0.25) is 0 Å². The fraction of sp³-hybridized carbons (Fsp3) is 0.263. The predicted octanol–water partition coefficient (Wildman–Crippen LogP) is 4.35. The first kappa shape index (κ1) is 18.1. The van der Waals surface area contributed by atoms with Crippen LogP contribution < -0.4 is 10.9 Å². The Hall–Kier alpha value is -2.67. The van der Waals surface area contributed by atoms with E-state index in [1.54, 1.807) is 44.2 Å². The van der Waals surface area contributed by atoms with Crippen LogP contribution in [-0.2, 0) is 6.18 Å². The summed E-state index contributed by atoms with van der Waals surface area (Å²) in [5.74, 6) is 0.438. The number of rotatable bonds is 4. The van der Waals surface area contributed by atoms with Crippen LogP contribution in [0.4, 0.5) is 13.2 Å². The van der Waals surface area contributed by atoms with Crippen molar-refractivity contribution in [3.05, 3.63) is 75.8 Å². The summed E-state index contributed by atoms with van der Waals surface area (Å²) in [5, 5.41) is 3.68. The highest BCUT2D eigenvalue weighted by molar-refractivity contribution is 5.77. The molecule has 0 aliphatic carbocycles. The lowest BCUT2D eigenvalue weighted by Crippen LogP contribution is -2.26. The van der Waals surface area contributed by atoms with Crippen molar-refractivity contribution in [3.8, 4) is 0 Å². The quantitative estimate of drug-likeness (QED) is 0.726. The highest BCUT2D eigenvalue weighted by Crippen LogP contribution is 2.31. The fourth-order valence-electron chi connectivity index (χ4n) is 2.84. The Bertz CT molecular complexity index is 981. The summed E-state index contributed by atoms with van der Waals surface area (Å²) in [6.45, 7) is 3.57. The van der Waals surface area contributed by atoms with Gasteiger partial charge in [-0.05, 0) is 43.7 Å². The van der Waals surface area contributed by atoms with Crippen LogP contribution in [0.3, 0.4) is 0 Å². The molecule has 0 saturated heterocycles. The van der Waals surface area contributed by atoms with E-state index in [4.69, 9.17) is 0 Å². The van der Waals surface area contributed by atoms with Crippen LogP contribution in [0.5, 0.6) is 0 Å². The largest absolute Gasteiger partial charge is 0.416 e. The summed E-state index contributed by atoms with van der Waals surface area (Å²) in [4.78, 5) is 19.3. The van der Waals surface area contributed by atoms with Crippen molar-refractivity contribution in [1.82, 2.24) is 15.3 Å². The predicted molar refractivity (Wildman–Crippen MR) is 93.8 cm³/mol. The molecular weight excluding hydrogens is 343 g/mol. The van der Waals surface area contributed by atoms with E-state index in [-0.39, 0.29) is 17.6 Å². The third kappa shape index (κ3) is 3.77. The zero-order chi connectivity index (χ0) is 18.9. The van der Waals surface area contributed by atoms with Gasteiger partial charge in [0.1, 0.15) is 5.82 Å². The smallest absolute Gasteiger partial charge is 0.309 e. The van der Waals surface area contributed by atoms with Crippen molar-refractivity contribution in [2.45, 2.75) is 32.1 Å². The Morgan fingerprint density at radius 1 is 1.04 bits per heavy atom. The highest BCUT2D eigenvalue weighted by atomic mass is 19.4. The molecule has 3 aromatic rings. The van der Waals surface area contributed by atoms with E-state index >= 15 is 0 Å². The summed E-state index contributed by atoms with van der Waals surface area (Å²) in [7, 11) is 0. The number of benzene rings is 2. The number of hydrogen-bond acceptors (Lipinski definition) is 3. The minimum atomic E-state index is -4.38. The molecule has 0 aliphatic heterocycles. The van der Waals surface area contributed by atoms with Gasteiger partial charge in [-0.1, -0.05) is 24.3 Å². The number of aromatic nitrogens is 2.